The monoisotopic (exact) mass is 258 g/mol. The summed E-state index contributed by atoms with van der Waals surface area (Å²) >= 11 is 0. The molecule has 0 heterocycles. The summed E-state index contributed by atoms with van der Waals surface area (Å²) in [6, 6.07) is 9.50. The molecule has 0 radical (unpaired) electrons. The van der Waals surface area contributed by atoms with Crippen LogP contribution in [0.4, 0.5) is 0 Å². The summed E-state index contributed by atoms with van der Waals surface area (Å²) in [5, 5.41) is 1.74. The maximum Gasteiger partial charge on any atom is 0.0775 e. The lowest BCUT2D eigenvalue weighted by atomic mass is 9.90. The zero-order chi connectivity index (χ0) is 12.8. The van der Waals surface area contributed by atoms with Gasteiger partial charge in [-0.25, -0.2) is 4.21 Å². The lowest BCUT2D eigenvalue weighted by molar-refractivity contribution is 0.681. The van der Waals surface area contributed by atoms with Crippen LogP contribution in [0.15, 0.2) is 70.5 Å². The van der Waals surface area contributed by atoms with Gasteiger partial charge >= 0.3 is 0 Å². The number of hydrogen-bond acceptors (Lipinski definition) is 1. The molecule has 1 aromatic carbocycles. The van der Waals surface area contributed by atoms with Crippen molar-refractivity contribution in [2.45, 2.75) is 30.6 Å². The first-order valence-electron chi connectivity index (χ1n) is 6.28. The average Bonchev–Trinajstić information content (AvgIpc) is 2.42. The van der Waals surface area contributed by atoms with E-state index in [2.05, 4.69) is 12.7 Å². The van der Waals surface area contributed by atoms with Crippen molar-refractivity contribution in [3.63, 3.8) is 0 Å². The fourth-order valence-corrected chi connectivity index (χ4v) is 2.86. The zero-order valence-electron chi connectivity index (χ0n) is 10.5. The SMILES string of the molecule is C=C1CCCC/C1=C/C=C/S(=O)c1ccccc1. The number of benzene rings is 1. The van der Waals surface area contributed by atoms with E-state index in [0.717, 1.165) is 17.7 Å². The Labute approximate surface area is 111 Å². The van der Waals surface area contributed by atoms with Gasteiger partial charge in [-0.05, 0) is 43.4 Å². The average molecular weight is 258 g/mol. The van der Waals surface area contributed by atoms with Gasteiger partial charge in [-0.3, -0.25) is 0 Å². The van der Waals surface area contributed by atoms with Crippen LogP contribution in [0, 0.1) is 0 Å². The van der Waals surface area contributed by atoms with Gasteiger partial charge in [-0.2, -0.15) is 0 Å². The highest BCUT2D eigenvalue weighted by atomic mass is 32.2. The van der Waals surface area contributed by atoms with Crippen LogP contribution in [0.25, 0.3) is 0 Å². The molecule has 0 spiro atoms. The van der Waals surface area contributed by atoms with Crippen molar-refractivity contribution in [2.24, 2.45) is 0 Å². The summed E-state index contributed by atoms with van der Waals surface area (Å²) in [5.74, 6) is 0. The van der Waals surface area contributed by atoms with E-state index < -0.39 is 10.8 Å². The summed E-state index contributed by atoms with van der Waals surface area (Å²) in [4.78, 5) is 0.842. The molecule has 0 bridgehead atoms. The minimum Gasteiger partial charge on any atom is -0.250 e. The van der Waals surface area contributed by atoms with E-state index in [4.69, 9.17) is 0 Å². The van der Waals surface area contributed by atoms with Gasteiger partial charge in [0.2, 0.25) is 0 Å². The Hall–Kier alpha value is -1.41. The highest BCUT2D eigenvalue weighted by Crippen LogP contribution is 2.27. The number of hydrogen-bond donors (Lipinski definition) is 0. The van der Waals surface area contributed by atoms with Crippen LogP contribution in [-0.2, 0) is 10.8 Å². The molecule has 0 aromatic heterocycles. The maximum atomic E-state index is 11.9. The van der Waals surface area contributed by atoms with Gasteiger partial charge in [-0.1, -0.05) is 42.5 Å². The fourth-order valence-electron chi connectivity index (χ4n) is 2.05. The summed E-state index contributed by atoms with van der Waals surface area (Å²) in [5.41, 5.74) is 2.54. The molecule has 2 rings (SSSR count). The Kier molecular flexibility index (Phi) is 4.71. The molecule has 1 atom stereocenters. The van der Waals surface area contributed by atoms with Crippen molar-refractivity contribution in [3.05, 3.63) is 65.6 Å². The van der Waals surface area contributed by atoms with Crippen molar-refractivity contribution in [1.82, 2.24) is 0 Å². The fraction of sp³-hybridized carbons (Fsp3) is 0.250. The lowest BCUT2D eigenvalue weighted by Gasteiger charge is -2.15. The Morgan fingerprint density at radius 2 is 1.83 bits per heavy atom. The second-order valence-corrected chi connectivity index (χ2v) is 5.78. The molecule has 1 aliphatic carbocycles. The molecule has 2 heteroatoms. The van der Waals surface area contributed by atoms with Gasteiger partial charge in [-0.15, -0.1) is 0 Å². The molecule has 1 saturated carbocycles. The van der Waals surface area contributed by atoms with E-state index in [9.17, 15) is 4.21 Å². The molecular weight excluding hydrogens is 240 g/mol. The topological polar surface area (TPSA) is 17.1 Å². The zero-order valence-corrected chi connectivity index (χ0v) is 11.3. The van der Waals surface area contributed by atoms with Crippen LogP contribution in [0.2, 0.25) is 0 Å². The second-order valence-electron chi connectivity index (χ2n) is 4.44. The lowest BCUT2D eigenvalue weighted by Crippen LogP contribution is -1.96. The second kappa shape index (κ2) is 6.50. The van der Waals surface area contributed by atoms with Crippen LogP contribution < -0.4 is 0 Å². The van der Waals surface area contributed by atoms with Crippen molar-refractivity contribution in [3.8, 4) is 0 Å². The molecule has 1 aliphatic rings. The highest BCUT2D eigenvalue weighted by molar-refractivity contribution is 7.88. The van der Waals surface area contributed by atoms with Gasteiger partial charge < -0.3 is 0 Å². The molecule has 1 fully saturated rings. The molecule has 94 valence electrons. The quantitative estimate of drug-likeness (QED) is 0.787. The minimum absolute atomic E-state index is 0.842. The molecule has 1 unspecified atom stereocenters. The van der Waals surface area contributed by atoms with Crippen LogP contribution in [0.1, 0.15) is 25.7 Å². The van der Waals surface area contributed by atoms with Crippen molar-refractivity contribution in [1.29, 1.82) is 0 Å². The van der Waals surface area contributed by atoms with Gasteiger partial charge in [0.1, 0.15) is 0 Å². The molecule has 1 nitrogen and oxygen atoms in total. The Bertz CT molecular complexity index is 497. The molecule has 0 N–H and O–H groups in total. The third-order valence-electron chi connectivity index (χ3n) is 3.10. The minimum atomic E-state index is -1.05. The van der Waals surface area contributed by atoms with E-state index in [-0.39, 0.29) is 0 Å². The van der Waals surface area contributed by atoms with E-state index in [1.54, 1.807) is 5.41 Å². The van der Waals surface area contributed by atoms with E-state index >= 15 is 0 Å². The molecule has 0 saturated heterocycles. The number of rotatable bonds is 3. The van der Waals surface area contributed by atoms with Gasteiger partial charge in [0.25, 0.3) is 0 Å². The highest BCUT2D eigenvalue weighted by Gasteiger charge is 2.07. The summed E-state index contributed by atoms with van der Waals surface area (Å²) in [6.45, 7) is 4.07. The first kappa shape index (κ1) is 13.0. The predicted molar refractivity (Wildman–Crippen MR) is 77.7 cm³/mol. The predicted octanol–water partition coefficient (Wildman–Crippen LogP) is 4.36. The third kappa shape index (κ3) is 3.54. The normalized spacial score (nSPS) is 20.4. The van der Waals surface area contributed by atoms with E-state index in [0.29, 0.717) is 0 Å². The Morgan fingerprint density at radius 1 is 1.11 bits per heavy atom. The summed E-state index contributed by atoms with van der Waals surface area (Å²) < 4.78 is 11.9. The third-order valence-corrected chi connectivity index (χ3v) is 4.24. The standard InChI is InChI=1S/C16H18OS/c1-14-8-5-6-9-15(14)10-7-13-18(17)16-11-3-2-4-12-16/h2-4,7,10-13H,1,5-6,8-9H2/b13-7+,15-10-. The van der Waals surface area contributed by atoms with Crippen molar-refractivity contribution in [2.75, 3.05) is 0 Å². The molecule has 0 amide bonds. The van der Waals surface area contributed by atoms with Crippen molar-refractivity contribution < 1.29 is 4.21 Å². The molecule has 0 aliphatic heterocycles. The molecule has 1 aromatic rings. The largest absolute Gasteiger partial charge is 0.250 e. The van der Waals surface area contributed by atoms with E-state index in [1.165, 1.54) is 24.0 Å². The Morgan fingerprint density at radius 3 is 2.56 bits per heavy atom. The van der Waals surface area contributed by atoms with Crippen LogP contribution in [0.5, 0.6) is 0 Å². The molecule has 18 heavy (non-hydrogen) atoms. The van der Waals surface area contributed by atoms with Crippen LogP contribution in [0.3, 0.4) is 0 Å². The van der Waals surface area contributed by atoms with Crippen LogP contribution in [-0.4, -0.2) is 4.21 Å². The molecular formula is C16H18OS. The van der Waals surface area contributed by atoms with E-state index in [1.807, 2.05) is 36.4 Å². The van der Waals surface area contributed by atoms with Crippen molar-refractivity contribution >= 4 is 10.8 Å². The summed E-state index contributed by atoms with van der Waals surface area (Å²) in [7, 11) is -1.05. The first-order valence-corrected chi connectivity index (χ1v) is 7.50. The van der Waals surface area contributed by atoms with Crippen LogP contribution >= 0.6 is 0 Å². The first-order chi connectivity index (χ1) is 8.77. The smallest absolute Gasteiger partial charge is 0.0775 e. The van der Waals surface area contributed by atoms with Gasteiger partial charge in [0.05, 0.1) is 10.8 Å². The summed E-state index contributed by atoms with van der Waals surface area (Å²) in [6.07, 6.45) is 8.64. The Balaban J connectivity index is 2.01. The maximum absolute atomic E-state index is 11.9. The van der Waals surface area contributed by atoms with Gasteiger partial charge in [0.15, 0.2) is 0 Å². The van der Waals surface area contributed by atoms with Gasteiger partial charge in [0, 0.05) is 10.3 Å². The number of allylic oxidation sites excluding steroid dienone is 4.